The molecule has 0 heterocycles. The molecule has 0 spiro atoms. The second-order valence-corrected chi connectivity index (χ2v) is 3.95. The van der Waals surface area contributed by atoms with Crippen LogP contribution in [0.4, 0.5) is 10.1 Å². The van der Waals surface area contributed by atoms with Crippen molar-refractivity contribution >= 4 is 17.7 Å². The maximum Gasteiger partial charge on any atom is 0.166 e. The Labute approximate surface area is 98.9 Å². The van der Waals surface area contributed by atoms with E-state index < -0.39 is 0 Å². The molecular formula is C13H13FN2O. The zero-order valence-electron chi connectivity index (χ0n) is 9.29. The van der Waals surface area contributed by atoms with E-state index in [1.165, 1.54) is 12.1 Å². The van der Waals surface area contributed by atoms with E-state index in [9.17, 15) is 9.18 Å². The van der Waals surface area contributed by atoms with Crippen molar-refractivity contribution in [3.8, 4) is 0 Å². The number of ketones is 1. The van der Waals surface area contributed by atoms with Crippen LogP contribution in [0.25, 0.3) is 0 Å². The topological polar surface area (TPSA) is 53.0 Å². The summed E-state index contributed by atoms with van der Waals surface area (Å²) in [6.07, 6.45) is 3.13. The molecule has 3 nitrogen and oxygen atoms in total. The average Bonchev–Trinajstić information content (AvgIpc) is 2.32. The summed E-state index contributed by atoms with van der Waals surface area (Å²) in [7, 11) is 0. The Hall–Kier alpha value is -1.97. The van der Waals surface area contributed by atoms with Gasteiger partial charge in [0.15, 0.2) is 5.78 Å². The van der Waals surface area contributed by atoms with Gasteiger partial charge in [0.2, 0.25) is 0 Å². The number of Topliss-reactive ketones (excluding diaryl/α,β-unsaturated/α-hetero) is 1. The molecule has 2 N–H and O–H groups in total. The minimum absolute atomic E-state index is 0.00383. The van der Waals surface area contributed by atoms with Gasteiger partial charge in [-0.3, -0.25) is 4.79 Å². The van der Waals surface area contributed by atoms with Gasteiger partial charge in [0.05, 0.1) is 5.57 Å². The Balaban J connectivity index is 2.24. The lowest BCUT2D eigenvalue weighted by Crippen LogP contribution is -2.17. The van der Waals surface area contributed by atoms with Crippen molar-refractivity contribution in [1.29, 1.82) is 5.41 Å². The van der Waals surface area contributed by atoms with Crippen molar-refractivity contribution < 1.29 is 9.18 Å². The molecule has 0 bridgehead atoms. The second-order valence-electron chi connectivity index (χ2n) is 3.95. The van der Waals surface area contributed by atoms with Gasteiger partial charge in [0, 0.05) is 24.0 Å². The number of carbonyl (C=O) groups is 1. The lowest BCUT2D eigenvalue weighted by atomic mass is 9.95. The Kier molecular flexibility index (Phi) is 3.32. The highest BCUT2D eigenvalue weighted by molar-refractivity contribution is 6.14. The first-order chi connectivity index (χ1) is 8.20. The summed E-state index contributed by atoms with van der Waals surface area (Å²) in [5.41, 5.74) is 1.92. The summed E-state index contributed by atoms with van der Waals surface area (Å²) < 4.78 is 12.7. The maximum atomic E-state index is 12.7. The predicted octanol–water partition coefficient (Wildman–Crippen LogP) is 2.89. The molecule has 0 fully saturated rings. The van der Waals surface area contributed by atoms with Crippen LogP contribution in [0.1, 0.15) is 19.3 Å². The summed E-state index contributed by atoms with van der Waals surface area (Å²) in [5.74, 6) is -0.299. The molecule has 88 valence electrons. The minimum atomic E-state index is -0.295. The van der Waals surface area contributed by atoms with E-state index in [0.717, 1.165) is 30.4 Å². The molecule has 0 atom stereocenters. The molecule has 0 aliphatic heterocycles. The molecule has 0 radical (unpaired) electrons. The maximum absolute atomic E-state index is 12.7. The minimum Gasteiger partial charge on any atom is -0.358 e. The Morgan fingerprint density at radius 2 is 1.94 bits per heavy atom. The van der Waals surface area contributed by atoms with E-state index in [4.69, 9.17) is 5.41 Å². The molecular weight excluding hydrogens is 219 g/mol. The van der Waals surface area contributed by atoms with Crippen LogP contribution in [0.2, 0.25) is 0 Å². The molecule has 1 aliphatic rings. The van der Waals surface area contributed by atoms with Gasteiger partial charge in [-0.05, 0) is 37.1 Å². The third kappa shape index (κ3) is 2.58. The van der Waals surface area contributed by atoms with Crippen LogP contribution >= 0.6 is 0 Å². The van der Waals surface area contributed by atoms with Gasteiger partial charge in [-0.2, -0.15) is 0 Å². The molecule has 0 amide bonds. The average molecular weight is 232 g/mol. The number of benzene rings is 1. The van der Waals surface area contributed by atoms with Crippen LogP contribution in [0.5, 0.6) is 0 Å². The van der Waals surface area contributed by atoms with E-state index in [2.05, 4.69) is 5.32 Å². The van der Waals surface area contributed by atoms with Gasteiger partial charge >= 0.3 is 0 Å². The molecule has 0 saturated carbocycles. The Morgan fingerprint density at radius 1 is 1.24 bits per heavy atom. The van der Waals surface area contributed by atoms with Gasteiger partial charge in [0.1, 0.15) is 5.82 Å². The fourth-order valence-electron chi connectivity index (χ4n) is 1.87. The molecule has 0 unspecified atom stereocenters. The quantitative estimate of drug-likeness (QED) is 0.787. The molecule has 4 heteroatoms. The highest BCUT2D eigenvalue weighted by Gasteiger charge is 2.18. The zero-order valence-corrected chi connectivity index (χ0v) is 9.29. The number of rotatable bonds is 3. The number of nitrogens with one attached hydrogen (secondary N) is 2. The third-order valence-electron chi connectivity index (χ3n) is 2.74. The van der Waals surface area contributed by atoms with E-state index in [-0.39, 0.29) is 11.6 Å². The monoisotopic (exact) mass is 232 g/mol. The summed E-state index contributed by atoms with van der Waals surface area (Å²) in [6.45, 7) is 0. The number of anilines is 1. The summed E-state index contributed by atoms with van der Waals surface area (Å²) in [4.78, 5) is 11.6. The van der Waals surface area contributed by atoms with E-state index in [0.29, 0.717) is 12.0 Å². The van der Waals surface area contributed by atoms with Crippen LogP contribution in [0.3, 0.4) is 0 Å². The van der Waals surface area contributed by atoms with Crippen LogP contribution in [0, 0.1) is 11.2 Å². The van der Waals surface area contributed by atoms with E-state index in [1.54, 1.807) is 12.1 Å². The van der Waals surface area contributed by atoms with Crippen LogP contribution in [-0.4, -0.2) is 12.0 Å². The first-order valence-electron chi connectivity index (χ1n) is 5.50. The molecule has 0 saturated heterocycles. The van der Waals surface area contributed by atoms with Crippen LogP contribution in [0.15, 0.2) is 35.5 Å². The number of halogens is 1. The predicted molar refractivity (Wildman–Crippen MR) is 64.7 cm³/mol. The molecule has 1 aliphatic carbocycles. The normalized spacial score (nSPS) is 15.9. The first-order valence-corrected chi connectivity index (χ1v) is 5.50. The Bertz CT molecular complexity index is 477. The highest BCUT2D eigenvalue weighted by Crippen LogP contribution is 2.23. The van der Waals surface area contributed by atoms with Gasteiger partial charge in [-0.1, -0.05) is 0 Å². The van der Waals surface area contributed by atoms with Gasteiger partial charge < -0.3 is 10.7 Å². The lowest BCUT2D eigenvalue weighted by Gasteiger charge is -2.18. The van der Waals surface area contributed by atoms with Crippen molar-refractivity contribution in [2.75, 3.05) is 5.32 Å². The molecule has 17 heavy (non-hydrogen) atoms. The molecule has 1 aromatic rings. The number of hydrogen-bond donors (Lipinski definition) is 2. The fourth-order valence-corrected chi connectivity index (χ4v) is 1.87. The summed E-state index contributed by atoms with van der Waals surface area (Å²) in [5, 5.41) is 10.3. The van der Waals surface area contributed by atoms with Crippen molar-refractivity contribution in [2.24, 2.45) is 0 Å². The smallest absolute Gasteiger partial charge is 0.166 e. The van der Waals surface area contributed by atoms with Crippen LogP contribution in [-0.2, 0) is 4.79 Å². The van der Waals surface area contributed by atoms with Crippen molar-refractivity contribution in [3.63, 3.8) is 0 Å². The van der Waals surface area contributed by atoms with Crippen molar-refractivity contribution in [1.82, 2.24) is 0 Å². The van der Waals surface area contributed by atoms with Gasteiger partial charge in [0.25, 0.3) is 0 Å². The van der Waals surface area contributed by atoms with Crippen molar-refractivity contribution in [2.45, 2.75) is 19.3 Å². The van der Waals surface area contributed by atoms with Gasteiger partial charge in [-0.15, -0.1) is 0 Å². The summed E-state index contributed by atoms with van der Waals surface area (Å²) in [6, 6.07) is 5.95. The molecule has 0 aromatic heterocycles. The Morgan fingerprint density at radius 3 is 2.59 bits per heavy atom. The highest BCUT2D eigenvalue weighted by atomic mass is 19.1. The standard InChI is InChI=1S/C13H13FN2O/c14-9-4-6-10(7-5-9)16-12-2-1-3-13(17)11(12)8-15/h4-8,15-16H,1-3H2. The molecule has 1 aromatic carbocycles. The first kappa shape index (κ1) is 11.5. The van der Waals surface area contributed by atoms with E-state index >= 15 is 0 Å². The van der Waals surface area contributed by atoms with Crippen molar-refractivity contribution in [3.05, 3.63) is 41.4 Å². The number of hydrogen-bond acceptors (Lipinski definition) is 3. The molecule has 2 rings (SSSR count). The van der Waals surface area contributed by atoms with E-state index in [1.807, 2.05) is 0 Å². The largest absolute Gasteiger partial charge is 0.358 e. The zero-order chi connectivity index (χ0) is 12.3. The number of carbonyl (C=O) groups excluding carboxylic acids is 1. The number of allylic oxidation sites excluding steroid dienone is 2. The third-order valence-corrected chi connectivity index (χ3v) is 2.74. The van der Waals surface area contributed by atoms with Gasteiger partial charge in [-0.25, -0.2) is 4.39 Å². The summed E-state index contributed by atoms with van der Waals surface area (Å²) >= 11 is 0. The lowest BCUT2D eigenvalue weighted by molar-refractivity contribution is -0.115. The SMILES string of the molecule is N=CC1=C(Nc2ccc(F)cc2)CCCC1=O. The van der Waals surface area contributed by atoms with Crippen LogP contribution < -0.4 is 5.32 Å². The second kappa shape index (κ2) is 4.91. The fraction of sp³-hybridized carbons (Fsp3) is 0.231.